The van der Waals surface area contributed by atoms with Gasteiger partial charge < -0.3 is 5.32 Å². The number of anilines is 2. The quantitative estimate of drug-likeness (QED) is 0.126. The van der Waals surface area contributed by atoms with Gasteiger partial charge in [0.05, 0.1) is 37.9 Å². The van der Waals surface area contributed by atoms with E-state index in [-0.39, 0.29) is 0 Å². The minimum Gasteiger partial charge on any atom is -0.344 e. The molecular formula is C26H26N6O6. The van der Waals surface area contributed by atoms with Crippen LogP contribution in [0.1, 0.15) is 50.9 Å². The SMILES string of the molecule is CCCCc1ccc2cc(Nc3c([N+](=O)[O-])cc([N+](=O)[O-])cc3[N+](=O)[O-])c3ccc(CCCC)nc3c2n1. The summed E-state index contributed by atoms with van der Waals surface area (Å²) in [5.41, 5.74) is 0.616. The maximum atomic E-state index is 11.8. The molecule has 4 rings (SSSR count). The number of nitrogens with one attached hydrogen (secondary N) is 1. The van der Waals surface area contributed by atoms with Crippen LogP contribution in [-0.4, -0.2) is 24.7 Å². The van der Waals surface area contributed by atoms with Crippen molar-refractivity contribution >= 4 is 50.2 Å². The number of non-ortho nitro benzene ring substituents is 1. The molecule has 0 unspecified atom stereocenters. The minimum absolute atomic E-state index is 0.338. The summed E-state index contributed by atoms with van der Waals surface area (Å²) in [5.74, 6) is 0. The van der Waals surface area contributed by atoms with E-state index in [0.717, 1.165) is 49.9 Å². The average molecular weight is 519 g/mol. The van der Waals surface area contributed by atoms with Gasteiger partial charge in [0.1, 0.15) is 0 Å². The highest BCUT2D eigenvalue weighted by Crippen LogP contribution is 2.42. The first-order valence-corrected chi connectivity index (χ1v) is 12.3. The molecule has 0 saturated heterocycles. The Bertz CT molecular complexity index is 1540. The fraction of sp³-hybridized carbons (Fsp3) is 0.308. The largest absolute Gasteiger partial charge is 0.344 e. The van der Waals surface area contributed by atoms with Crippen LogP contribution in [0.3, 0.4) is 0 Å². The summed E-state index contributed by atoms with van der Waals surface area (Å²) in [6.07, 6.45) is 5.53. The number of unbranched alkanes of at least 4 members (excludes halogenated alkanes) is 2. The molecule has 0 atom stereocenters. The van der Waals surface area contributed by atoms with E-state index < -0.39 is 37.5 Å². The molecule has 0 aliphatic heterocycles. The first kappa shape index (κ1) is 26.3. The Morgan fingerprint density at radius 3 is 1.82 bits per heavy atom. The molecule has 0 fully saturated rings. The van der Waals surface area contributed by atoms with Gasteiger partial charge in [-0.05, 0) is 49.9 Å². The summed E-state index contributed by atoms with van der Waals surface area (Å²) >= 11 is 0. The second-order valence-electron chi connectivity index (χ2n) is 8.96. The van der Waals surface area contributed by atoms with Crippen LogP contribution in [0.2, 0.25) is 0 Å². The lowest BCUT2D eigenvalue weighted by Gasteiger charge is -2.14. The molecule has 1 N–H and O–H groups in total. The molecule has 38 heavy (non-hydrogen) atoms. The predicted octanol–water partition coefficient (Wildman–Crippen LogP) is 6.94. The van der Waals surface area contributed by atoms with Crippen LogP contribution in [-0.2, 0) is 12.8 Å². The second kappa shape index (κ2) is 11.1. The maximum absolute atomic E-state index is 11.8. The van der Waals surface area contributed by atoms with E-state index in [1.807, 2.05) is 24.3 Å². The molecule has 2 aromatic carbocycles. The number of hydrogen-bond acceptors (Lipinski definition) is 9. The highest BCUT2D eigenvalue weighted by Gasteiger charge is 2.31. The van der Waals surface area contributed by atoms with Gasteiger partial charge in [0.15, 0.2) is 5.69 Å². The molecule has 0 spiro atoms. The van der Waals surface area contributed by atoms with Gasteiger partial charge >= 0.3 is 11.4 Å². The number of nitro groups is 3. The number of hydrogen-bond donors (Lipinski definition) is 1. The van der Waals surface area contributed by atoms with Crippen LogP contribution >= 0.6 is 0 Å². The number of nitro benzene ring substituents is 3. The van der Waals surface area contributed by atoms with Gasteiger partial charge in [-0.1, -0.05) is 32.8 Å². The lowest BCUT2D eigenvalue weighted by atomic mass is 10.0. The molecule has 4 aromatic rings. The number of aryl methyl sites for hydroxylation is 2. The van der Waals surface area contributed by atoms with Crippen molar-refractivity contribution in [3.63, 3.8) is 0 Å². The van der Waals surface area contributed by atoms with Crippen LogP contribution < -0.4 is 5.32 Å². The van der Waals surface area contributed by atoms with Crippen LogP contribution in [0, 0.1) is 30.3 Å². The van der Waals surface area contributed by atoms with E-state index in [2.05, 4.69) is 19.2 Å². The Morgan fingerprint density at radius 1 is 0.737 bits per heavy atom. The third-order valence-electron chi connectivity index (χ3n) is 6.27. The molecule has 0 radical (unpaired) electrons. The normalized spacial score (nSPS) is 11.1. The lowest BCUT2D eigenvalue weighted by Crippen LogP contribution is -2.04. The van der Waals surface area contributed by atoms with Crippen LogP contribution in [0.25, 0.3) is 21.8 Å². The number of pyridine rings is 2. The van der Waals surface area contributed by atoms with Crippen molar-refractivity contribution in [1.29, 1.82) is 0 Å². The Morgan fingerprint density at radius 2 is 1.29 bits per heavy atom. The van der Waals surface area contributed by atoms with E-state index in [4.69, 9.17) is 9.97 Å². The van der Waals surface area contributed by atoms with Gasteiger partial charge in [0.25, 0.3) is 5.69 Å². The molecule has 12 heteroatoms. The third-order valence-corrected chi connectivity index (χ3v) is 6.27. The van der Waals surface area contributed by atoms with Crippen molar-refractivity contribution < 1.29 is 14.8 Å². The molecule has 0 saturated carbocycles. The fourth-order valence-corrected chi connectivity index (χ4v) is 4.30. The Kier molecular flexibility index (Phi) is 7.70. The number of fused-ring (bicyclic) bond motifs is 3. The number of benzene rings is 2. The van der Waals surface area contributed by atoms with E-state index >= 15 is 0 Å². The molecular weight excluding hydrogens is 492 g/mol. The zero-order chi connectivity index (χ0) is 27.4. The third kappa shape index (κ3) is 5.33. The topological polar surface area (TPSA) is 167 Å². The van der Waals surface area contributed by atoms with E-state index in [1.165, 1.54) is 0 Å². The Balaban J connectivity index is 1.96. The maximum Gasteiger partial charge on any atom is 0.306 e. The molecule has 0 aliphatic carbocycles. The second-order valence-corrected chi connectivity index (χ2v) is 8.96. The molecule has 2 aromatic heterocycles. The molecule has 0 bridgehead atoms. The monoisotopic (exact) mass is 518 g/mol. The van der Waals surface area contributed by atoms with E-state index in [0.29, 0.717) is 39.6 Å². The van der Waals surface area contributed by atoms with Crippen molar-refractivity contribution in [2.24, 2.45) is 0 Å². The summed E-state index contributed by atoms with van der Waals surface area (Å²) < 4.78 is 0. The standard InChI is InChI=1S/C26H26N6O6/c1-3-5-7-17-10-9-16-13-21(20-12-11-18(8-6-4-2)28-25(20)24(16)27-17)29-26-22(31(35)36)14-19(30(33)34)15-23(26)32(37)38/h9-15,29H,3-8H2,1-2H3. The van der Waals surface area contributed by atoms with Gasteiger partial charge in [-0.2, -0.15) is 0 Å². The van der Waals surface area contributed by atoms with Crippen LogP contribution in [0.4, 0.5) is 28.4 Å². The van der Waals surface area contributed by atoms with Crippen molar-refractivity contribution in [3.05, 3.63) is 84.2 Å². The van der Waals surface area contributed by atoms with Gasteiger partial charge in [0.2, 0.25) is 0 Å². The lowest BCUT2D eigenvalue weighted by molar-refractivity contribution is -0.401. The van der Waals surface area contributed by atoms with Crippen molar-refractivity contribution in [3.8, 4) is 0 Å². The Labute approximate surface area is 217 Å². The zero-order valence-corrected chi connectivity index (χ0v) is 21.0. The van der Waals surface area contributed by atoms with E-state index in [1.54, 1.807) is 6.07 Å². The number of rotatable bonds is 11. The van der Waals surface area contributed by atoms with Crippen LogP contribution in [0.15, 0.2) is 42.5 Å². The Hall–Kier alpha value is -4.74. The molecule has 2 heterocycles. The van der Waals surface area contributed by atoms with Crippen molar-refractivity contribution in [2.45, 2.75) is 52.4 Å². The molecule has 196 valence electrons. The first-order chi connectivity index (χ1) is 18.2. The minimum atomic E-state index is -0.904. The zero-order valence-electron chi connectivity index (χ0n) is 21.0. The summed E-state index contributed by atoms with van der Waals surface area (Å²) in [4.78, 5) is 41.9. The molecule has 12 nitrogen and oxygen atoms in total. The van der Waals surface area contributed by atoms with Crippen LogP contribution in [0.5, 0.6) is 0 Å². The number of aromatic nitrogens is 2. The highest BCUT2D eigenvalue weighted by atomic mass is 16.6. The fourth-order valence-electron chi connectivity index (χ4n) is 4.30. The predicted molar refractivity (Wildman–Crippen MR) is 144 cm³/mol. The smallest absolute Gasteiger partial charge is 0.306 e. The van der Waals surface area contributed by atoms with E-state index in [9.17, 15) is 30.3 Å². The van der Waals surface area contributed by atoms with Crippen molar-refractivity contribution in [1.82, 2.24) is 9.97 Å². The average Bonchev–Trinajstić information content (AvgIpc) is 2.90. The van der Waals surface area contributed by atoms with Gasteiger partial charge in [-0.25, -0.2) is 0 Å². The summed E-state index contributed by atoms with van der Waals surface area (Å²) in [7, 11) is 0. The molecule has 0 amide bonds. The summed E-state index contributed by atoms with van der Waals surface area (Å²) in [5, 5.41) is 39.0. The number of nitrogens with zero attached hydrogens (tertiary/aromatic N) is 5. The van der Waals surface area contributed by atoms with Gasteiger partial charge in [-0.3, -0.25) is 40.3 Å². The van der Waals surface area contributed by atoms with Gasteiger partial charge in [0, 0.05) is 27.8 Å². The molecule has 0 aliphatic rings. The highest BCUT2D eigenvalue weighted by molar-refractivity contribution is 6.10. The first-order valence-electron chi connectivity index (χ1n) is 12.3. The summed E-state index contributed by atoms with van der Waals surface area (Å²) in [6.45, 7) is 4.19. The summed E-state index contributed by atoms with van der Waals surface area (Å²) in [6, 6.07) is 10.6. The van der Waals surface area contributed by atoms with Crippen molar-refractivity contribution in [2.75, 3.05) is 5.32 Å². The van der Waals surface area contributed by atoms with Gasteiger partial charge in [-0.15, -0.1) is 0 Å².